The van der Waals surface area contributed by atoms with Crippen molar-refractivity contribution < 1.29 is 28.8 Å². The number of hydrogen-bond donors (Lipinski definition) is 0. The van der Waals surface area contributed by atoms with Crippen molar-refractivity contribution in [3.05, 3.63) is 106 Å². The van der Waals surface area contributed by atoms with Crippen molar-refractivity contribution in [2.45, 2.75) is 11.7 Å². The minimum Gasteiger partial charge on any atom is -0.349 e. The number of benzene rings is 3. The van der Waals surface area contributed by atoms with E-state index in [1.165, 1.54) is 36.4 Å². The van der Waals surface area contributed by atoms with E-state index in [4.69, 9.17) is 4.74 Å². The molecule has 35 heavy (non-hydrogen) atoms. The Morgan fingerprint density at radius 1 is 0.771 bits per heavy atom. The normalized spacial score (nSPS) is 24.2. The highest BCUT2D eigenvalue weighted by atomic mass is 16.6. The number of ether oxygens (including phenoxy) is 1. The van der Waals surface area contributed by atoms with E-state index in [1.54, 1.807) is 42.5 Å². The van der Waals surface area contributed by atoms with E-state index in [0.717, 1.165) is 4.90 Å². The van der Waals surface area contributed by atoms with Crippen molar-refractivity contribution in [3.63, 3.8) is 0 Å². The monoisotopic (exact) mass is 468 g/mol. The van der Waals surface area contributed by atoms with Crippen molar-refractivity contribution >= 4 is 34.8 Å². The molecule has 0 bridgehead atoms. The molecule has 1 aliphatic carbocycles. The molecule has 0 unspecified atom stereocenters. The number of nitrogens with zero attached hydrogens (tertiary/aromatic N) is 2. The maximum Gasteiger partial charge on any atom is 0.269 e. The van der Waals surface area contributed by atoms with Crippen LogP contribution in [-0.2, 0) is 14.3 Å². The van der Waals surface area contributed by atoms with Gasteiger partial charge in [-0.15, -0.1) is 0 Å². The number of anilines is 1. The second kappa shape index (κ2) is 7.25. The van der Waals surface area contributed by atoms with Crippen LogP contribution in [0.2, 0.25) is 0 Å². The Balaban J connectivity index is 1.51. The number of non-ortho nitro benzene ring substituents is 1. The van der Waals surface area contributed by atoms with Gasteiger partial charge in [-0.25, -0.2) is 4.90 Å². The maximum atomic E-state index is 13.8. The van der Waals surface area contributed by atoms with Crippen molar-refractivity contribution in [2.75, 3.05) is 4.90 Å². The molecule has 0 radical (unpaired) electrons. The van der Waals surface area contributed by atoms with Gasteiger partial charge >= 0.3 is 0 Å². The van der Waals surface area contributed by atoms with Gasteiger partial charge in [-0.05, 0) is 17.7 Å². The first-order valence-corrected chi connectivity index (χ1v) is 10.9. The van der Waals surface area contributed by atoms with Gasteiger partial charge in [0.1, 0.15) is 0 Å². The zero-order valence-electron chi connectivity index (χ0n) is 18.0. The Morgan fingerprint density at radius 3 is 1.91 bits per heavy atom. The summed E-state index contributed by atoms with van der Waals surface area (Å²) >= 11 is 0. The third kappa shape index (κ3) is 2.66. The largest absolute Gasteiger partial charge is 0.349 e. The van der Waals surface area contributed by atoms with Gasteiger partial charge in [0.15, 0.2) is 0 Å². The molecule has 2 amide bonds. The van der Waals surface area contributed by atoms with E-state index in [-0.39, 0.29) is 22.5 Å². The van der Waals surface area contributed by atoms with Crippen molar-refractivity contribution in [3.8, 4) is 0 Å². The predicted molar refractivity (Wildman–Crippen MR) is 121 cm³/mol. The maximum absolute atomic E-state index is 13.8. The lowest BCUT2D eigenvalue weighted by Gasteiger charge is -2.27. The molecule has 9 heteroatoms. The summed E-state index contributed by atoms with van der Waals surface area (Å²) < 4.78 is 6.19. The molecule has 6 rings (SSSR count). The molecular weight excluding hydrogens is 452 g/mol. The smallest absolute Gasteiger partial charge is 0.269 e. The Labute approximate surface area is 198 Å². The summed E-state index contributed by atoms with van der Waals surface area (Å²) in [5.41, 5.74) is -1.37. The number of Topliss-reactive ketones (excluding diaryl/α,β-unsaturated/α-hetero) is 2. The van der Waals surface area contributed by atoms with Crippen LogP contribution in [0.25, 0.3) is 0 Å². The van der Waals surface area contributed by atoms with E-state index in [0.29, 0.717) is 5.56 Å². The first-order valence-electron chi connectivity index (χ1n) is 10.9. The fourth-order valence-electron chi connectivity index (χ4n) is 5.44. The van der Waals surface area contributed by atoms with Gasteiger partial charge in [-0.1, -0.05) is 54.6 Å². The summed E-state index contributed by atoms with van der Waals surface area (Å²) in [5.74, 6) is -5.15. The Hall–Kier alpha value is -4.50. The molecular formula is C26H16N2O7. The van der Waals surface area contributed by atoms with Crippen LogP contribution in [0.1, 0.15) is 32.4 Å². The molecule has 2 fully saturated rings. The lowest BCUT2D eigenvalue weighted by atomic mass is 9.77. The number of rotatable bonds is 3. The summed E-state index contributed by atoms with van der Waals surface area (Å²) in [4.78, 5) is 66.2. The first-order chi connectivity index (χ1) is 16.9. The zero-order chi connectivity index (χ0) is 24.5. The average molecular weight is 468 g/mol. The van der Waals surface area contributed by atoms with Crippen LogP contribution in [0.4, 0.5) is 11.4 Å². The number of carbonyl (C=O) groups excluding carboxylic acids is 4. The summed E-state index contributed by atoms with van der Waals surface area (Å²) in [7, 11) is 0. The number of carbonyl (C=O) groups is 4. The fourth-order valence-corrected chi connectivity index (χ4v) is 5.44. The molecule has 2 saturated heterocycles. The van der Waals surface area contributed by atoms with Crippen molar-refractivity contribution in [2.24, 2.45) is 11.8 Å². The third-order valence-corrected chi connectivity index (χ3v) is 6.97. The summed E-state index contributed by atoms with van der Waals surface area (Å²) in [6, 6.07) is 19.9. The predicted octanol–water partition coefficient (Wildman–Crippen LogP) is 3.29. The standard InChI is InChI=1S/C26H16N2O7/c29-22-17-8-4-5-9-18(17)23(30)26(22)20-19(21(35-26)14-6-2-1-3-7-14)24(31)27(25(20)32)15-10-12-16(13-11-15)28(33)34/h1-13,19-21H/t19-,20-,21-/m0/s1. The van der Waals surface area contributed by atoms with Crippen LogP contribution in [0.3, 0.4) is 0 Å². The summed E-state index contributed by atoms with van der Waals surface area (Å²) in [6.07, 6.45) is -1.01. The zero-order valence-corrected chi connectivity index (χ0v) is 18.0. The van der Waals surface area contributed by atoms with Crippen molar-refractivity contribution in [1.82, 2.24) is 0 Å². The molecule has 172 valence electrons. The Morgan fingerprint density at radius 2 is 1.34 bits per heavy atom. The number of nitro benzene ring substituents is 1. The Bertz CT molecular complexity index is 1410. The first kappa shape index (κ1) is 21.1. The number of ketones is 2. The van der Waals surface area contributed by atoms with E-state index >= 15 is 0 Å². The molecule has 9 nitrogen and oxygen atoms in total. The molecule has 0 N–H and O–H groups in total. The number of imide groups is 1. The van der Waals surface area contributed by atoms with Gasteiger partial charge in [0, 0.05) is 23.3 Å². The van der Waals surface area contributed by atoms with E-state index in [1.807, 2.05) is 0 Å². The molecule has 0 aromatic heterocycles. The lowest BCUT2D eigenvalue weighted by Crippen LogP contribution is -2.51. The summed E-state index contributed by atoms with van der Waals surface area (Å²) in [5, 5.41) is 11.0. The van der Waals surface area contributed by atoms with Gasteiger partial charge in [0.2, 0.25) is 29.0 Å². The third-order valence-electron chi connectivity index (χ3n) is 6.97. The minimum atomic E-state index is -2.16. The summed E-state index contributed by atoms with van der Waals surface area (Å²) in [6.45, 7) is 0. The highest BCUT2D eigenvalue weighted by Crippen LogP contribution is 2.57. The van der Waals surface area contributed by atoms with Crippen LogP contribution in [0.15, 0.2) is 78.9 Å². The Kier molecular flexibility index (Phi) is 4.36. The van der Waals surface area contributed by atoms with Gasteiger partial charge < -0.3 is 4.74 Å². The molecule has 3 atom stereocenters. The number of hydrogen-bond acceptors (Lipinski definition) is 7. The van der Waals surface area contributed by atoms with Gasteiger partial charge in [0.05, 0.1) is 28.6 Å². The SMILES string of the molecule is O=C1[C@H]2[C@@H](C(=O)N1c1ccc([N+](=O)[O-])cc1)C1(O[C@H]2c2ccccc2)C(=O)c2ccccc2C1=O. The minimum absolute atomic E-state index is 0.123. The topological polar surface area (TPSA) is 124 Å². The number of fused-ring (bicyclic) bond motifs is 3. The van der Waals surface area contributed by atoms with Gasteiger partial charge in [0.25, 0.3) is 5.69 Å². The fraction of sp³-hybridized carbons (Fsp3) is 0.154. The van der Waals surface area contributed by atoms with Crippen LogP contribution in [0, 0.1) is 22.0 Å². The second-order valence-electron chi connectivity index (χ2n) is 8.68. The molecule has 3 aliphatic rings. The molecule has 3 aromatic rings. The quantitative estimate of drug-likeness (QED) is 0.250. The van der Waals surface area contributed by atoms with E-state index < -0.39 is 51.8 Å². The van der Waals surface area contributed by atoms with Crippen LogP contribution >= 0.6 is 0 Å². The van der Waals surface area contributed by atoms with Crippen LogP contribution in [-0.4, -0.2) is 33.9 Å². The van der Waals surface area contributed by atoms with Crippen LogP contribution < -0.4 is 4.90 Å². The average Bonchev–Trinajstić information content (AvgIpc) is 3.44. The molecule has 0 saturated carbocycles. The van der Waals surface area contributed by atoms with Gasteiger partial charge in [-0.2, -0.15) is 0 Å². The van der Waals surface area contributed by atoms with Crippen LogP contribution in [0.5, 0.6) is 0 Å². The molecule has 2 heterocycles. The van der Waals surface area contributed by atoms with Crippen molar-refractivity contribution in [1.29, 1.82) is 0 Å². The highest BCUT2D eigenvalue weighted by molar-refractivity contribution is 6.37. The molecule has 1 spiro atoms. The molecule has 2 aliphatic heterocycles. The van der Waals surface area contributed by atoms with Gasteiger partial charge in [-0.3, -0.25) is 29.3 Å². The molecule has 3 aromatic carbocycles. The lowest BCUT2D eigenvalue weighted by molar-refractivity contribution is -0.384. The number of amides is 2. The second-order valence-corrected chi connectivity index (χ2v) is 8.68. The van der Waals surface area contributed by atoms with E-state index in [2.05, 4.69) is 0 Å². The number of nitro groups is 1. The van der Waals surface area contributed by atoms with E-state index in [9.17, 15) is 29.3 Å². The highest BCUT2D eigenvalue weighted by Gasteiger charge is 2.74.